The van der Waals surface area contributed by atoms with Gasteiger partial charge in [-0.05, 0) is 50.7 Å². The lowest BCUT2D eigenvalue weighted by atomic mass is 9.72. The van der Waals surface area contributed by atoms with Crippen molar-refractivity contribution in [2.75, 3.05) is 19.7 Å². The Balaban J connectivity index is 1.67. The average Bonchev–Trinajstić information content (AvgIpc) is 3.10. The lowest BCUT2D eigenvalue weighted by Gasteiger charge is -2.37. The van der Waals surface area contributed by atoms with E-state index in [0.29, 0.717) is 6.54 Å². The van der Waals surface area contributed by atoms with Crippen LogP contribution >= 0.6 is 0 Å². The summed E-state index contributed by atoms with van der Waals surface area (Å²) < 4.78 is 2.10. The van der Waals surface area contributed by atoms with Gasteiger partial charge in [0.15, 0.2) is 5.96 Å². The van der Waals surface area contributed by atoms with Gasteiger partial charge in [0.2, 0.25) is 0 Å². The van der Waals surface area contributed by atoms with Gasteiger partial charge < -0.3 is 20.1 Å². The van der Waals surface area contributed by atoms with Crippen LogP contribution < -0.4 is 10.6 Å². The highest BCUT2D eigenvalue weighted by atomic mass is 16.3. The molecule has 0 amide bonds. The highest BCUT2D eigenvalue weighted by molar-refractivity contribution is 5.79. The van der Waals surface area contributed by atoms with Gasteiger partial charge in [-0.2, -0.15) is 0 Å². The van der Waals surface area contributed by atoms with E-state index in [2.05, 4.69) is 46.1 Å². The Labute approximate surface area is 162 Å². The molecule has 0 unspecified atom stereocenters. The number of fused-ring (bicyclic) bond motifs is 1. The zero-order valence-electron chi connectivity index (χ0n) is 16.7. The minimum Gasteiger partial charge on any atom is -0.396 e. The maximum atomic E-state index is 9.51. The molecule has 2 aromatic rings. The lowest BCUT2D eigenvalue weighted by molar-refractivity contribution is 0.131. The SMILES string of the molecule is CCNC(=NCc1cn2c(C)cccc2n1)NCC1(CCO)CCCCC1. The van der Waals surface area contributed by atoms with Crippen molar-refractivity contribution in [3.63, 3.8) is 0 Å². The molecule has 6 heteroatoms. The number of nitrogens with zero attached hydrogens (tertiary/aromatic N) is 3. The van der Waals surface area contributed by atoms with E-state index in [1.54, 1.807) is 0 Å². The first-order chi connectivity index (χ1) is 13.2. The number of aliphatic hydroxyl groups is 1. The summed E-state index contributed by atoms with van der Waals surface area (Å²) in [6, 6.07) is 6.13. The number of aliphatic imine (C=N–C) groups is 1. The summed E-state index contributed by atoms with van der Waals surface area (Å²) in [5, 5.41) is 16.4. The summed E-state index contributed by atoms with van der Waals surface area (Å²) in [5.74, 6) is 0.828. The second-order valence-corrected chi connectivity index (χ2v) is 7.71. The molecule has 3 rings (SSSR count). The van der Waals surface area contributed by atoms with Crippen molar-refractivity contribution in [1.82, 2.24) is 20.0 Å². The molecular weight excluding hydrogens is 338 g/mol. The second kappa shape index (κ2) is 9.22. The molecular formula is C21H33N5O. The van der Waals surface area contributed by atoms with Crippen LogP contribution in [0.4, 0.5) is 0 Å². The molecule has 1 saturated carbocycles. The Bertz CT molecular complexity index is 756. The van der Waals surface area contributed by atoms with Gasteiger partial charge in [-0.15, -0.1) is 0 Å². The van der Waals surface area contributed by atoms with Gasteiger partial charge in [0, 0.05) is 31.6 Å². The zero-order valence-corrected chi connectivity index (χ0v) is 16.7. The number of aromatic nitrogens is 2. The summed E-state index contributed by atoms with van der Waals surface area (Å²) in [5.41, 5.74) is 3.29. The van der Waals surface area contributed by atoms with Crippen molar-refractivity contribution in [3.8, 4) is 0 Å². The Morgan fingerprint density at radius 1 is 1.26 bits per heavy atom. The molecule has 3 N–H and O–H groups in total. The fraction of sp³-hybridized carbons (Fsp3) is 0.619. The van der Waals surface area contributed by atoms with Gasteiger partial charge in [-0.1, -0.05) is 25.3 Å². The molecule has 0 aliphatic heterocycles. The van der Waals surface area contributed by atoms with Crippen molar-refractivity contribution in [2.45, 2.75) is 58.9 Å². The number of guanidine groups is 1. The van der Waals surface area contributed by atoms with Gasteiger partial charge in [0.25, 0.3) is 0 Å². The van der Waals surface area contributed by atoms with E-state index in [9.17, 15) is 5.11 Å². The van der Waals surface area contributed by atoms with Gasteiger partial charge in [0.1, 0.15) is 5.65 Å². The predicted molar refractivity (Wildman–Crippen MR) is 110 cm³/mol. The normalized spacial score (nSPS) is 17.2. The third-order valence-corrected chi connectivity index (χ3v) is 5.68. The summed E-state index contributed by atoms with van der Waals surface area (Å²) in [6.07, 6.45) is 9.13. The Morgan fingerprint density at radius 3 is 2.78 bits per heavy atom. The number of pyridine rings is 1. The van der Waals surface area contributed by atoms with Crippen molar-refractivity contribution in [1.29, 1.82) is 0 Å². The molecule has 2 aromatic heterocycles. The number of rotatable bonds is 7. The van der Waals surface area contributed by atoms with Crippen molar-refractivity contribution in [3.05, 3.63) is 35.8 Å². The average molecular weight is 372 g/mol. The van der Waals surface area contributed by atoms with Crippen LogP contribution in [0.2, 0.25) is 0 Å². The number of hydrogen-bond acceptors (Lipinski definition) is 3. The van der Waals surface area contributed by atoms with E-state index < -0.39 is 0 Å². The Morgan fingerprint density at radius 2 is 2.07 bits per heavy atom. The largest absolute Gasteiger partial charge is 0.396 e. The van der Waals surface area contributed by atoms with Crippen LogP contribution in [0.1, 0.15) is 56.8 Å². The molecule has 27 heavy (non-hydrogen) atoms. The highest BCUT2D eigenvalue weighted by Gasteiger charge is 2.31. The maximum Gasteiger partial charge on any atom is 0.191 e. The summed E-state index contributed by atoms with van der Waals surface area (Å²) >= 11 is 0. The molecule has 0 aromatic carbocycles. The van der Waals surface area contributed by atoms with Crippen LogP contribution in [0.15, 0.2) is 29.4 Å². The first-order valence-corrected chi connectivity index (χ1v) is 10.2. The molecule has 148 valence electrons. The van der Waals surface area contributed by atoms with Crippen LogP contribution in [0.3, 0.4) is 0 Å². The molecule has 6 nitrogen and oxygen atoms in total. The second-order valence-electron chi connectivity index (χ2n) is 7.71. The number of aryl methyl sites for hydroxylation is 1. The summed E-state index contributed by atoms with van der Waals surface area (Å²) in [7, 11) is 0. The van der Waals surface area contributed by atoms with Crippen LogP contribution in [0.25, 0.3) is 5.65 Å². The summed E-state index contributed by atoms with van der Waals surface area (Å²) in [4.78, 5) is 9.41. The predicted octanol–water partition coefficient (Wildman–Crippen LogP) is 3.03. The monoisotopic (exact) mass is 371 g/mol. The topological polar surface area (TPSA) is 74.0 Å². The van der Waals surface area contributed by atoms with E-state index in [1.807, 2.05) is 12.1 Å². The number of nitrogens with one attached hydrogen (secondary N) is 2. The van der Waals surface area contributed by atoms with E-state index >= 15 is 0 Å². The van der Waals surface area contributed by atoms with Crippen LogP contribution in [0.5, 0.6) is 0 Å². The van der Waals surface area contributed by atoms with E-state index in [-0.39, 0.29) is 12.0 Å². The molecule has 1 aliphatic rings. The first kappa shape index (κ1) is 19.7. The van der Waals surface area contributed by atoms with Gasteiger partial charge in [-0.3, -0.25) is 0 Å². The molecule has 2 heterocycles. The van der Waals surface area contributed by atoms with Crippen LogP contribution in [0, 0.1) is 12.3 Å². The number of imidazole rings is 1. The molecule has 0 spiro atoms. The molecule has 0 bridgehead atoms. The summed E-state index contributed by atoms with van der Waals surface area (Å²) in [6.45, 7) is 6.65. The van der Waals surface area contributed by atoms with Gasteiger partial charge in [0.05, 0.1) is 12.2 Å². The van der Waals surface area contributed by atoms with E-state index in [1.165, 1.54) is 37.8 Å². The molecule has 0 saturated heterocycles. The minimum atomic E-state index is 0.198. The van der Waals surface area contributed by atoms with Crippen LogP contribution in [-0.2, 0) is 6.54 Å². The smallest absolute Gasteiger partial charge is 0.191 e. The zero-order chi connectivity index (χ0) is 19.1. The first-order valence-electron chi connectivity index (χ1n) is 10.2. The third kappa shape index (κ3) is 5.01. The fourth-order valence-corrected chi connectivity index (χ4v) is 4.10. The highest BCUT2D eigenvalue weighted by Crippen LogP contribution is 2.38. The molecule has 0 atom stereocenters. The van der Waals surface area contributed by atoms with E-state index in [4.69, 9.17) is 4.99 Å². The maximum absolute atomic E-state index is 9.51. The van der Waals surface area contributed by atoms with Gasteiger partial charge in [-0.25, -0.2) is 9.98 Å². The third-order valence-electron chi connectivity index (χ3n) is 5.68. The van der Waals surface area contributed by atoms with Gasteiger partial charge >= 0.3 is 0 Å². The van der Waals surface area contributed by atoms with Crippen molar-refractivity contribution >= 4 is 11.6 Å². The standard InChI is InChI=1S/C21H33N5O/c1-3-22-20(24-16-21(12-13-27)10-5-4-6-11-21)23-14-18-15-26-17(2)8-7-9-19(26)25-18/h7-9,15,27H,3-6,10-14,16H2,1-2H3,(H2,22,23,24). The van der Waals surface area contributed by atoms with Crippen molar-refractivity contribution < 1.29 is 5.11 Å². The molecule has 1 aliphatic carbocycles. The van der Waals surface area contributed by atoms with Crippen LogP contribution in [-0.4, -0.2) is 40.1 Å². The minimum absolute atomic E-state index is 0.198. The Hall–Kier alpha value is -2.08. The number of aliphatic hydroxyl groups excluding tert-OH is 1. The fourth-order valence-electron chi connectivity index (χ4n) is 4.10. The van der Waals surface area contributed by atoms with E-state index in [0.717, 1.165) is 36.8 Å². The molecule has 0 radical (unpaired) electrons. The van der Waals surface area contributed by atoms with Crippen molar-refractivity contribution in [2.24, 2.45) is 10.4 Å². The number of hydrogen-bond donors (Lipinski definition) is 3. The molecule has 1 fully saturated rings. The lowest BCUT2D eigenvalue weighted by Crippen LogP contribution is -2.44. The Kier molecular flexibility index (Phi) is 6.72. The quantitative estimate of drug-likeness (QED) is 0.517.